The normalized spacial score (nSPS) is 10.0. The first kappa shape index (κ1) is 8.50. The van der Waals surface area contributed by atoms with Crippen molar-refractivity contribution in [2.75, 3.05) is 0 Å². The summed E-state index contributed by atoms with van der Waals surface area (Å²) in [6, 6.07) is 8.03. The number of rotatable bonds is 1. The highest BCUT2D eigenvalue weighted by Gasteiger charge is 2.03. The van der Waals surface area contributed by atoms with Gasteiger partial charge in [-0.2, -0.15) is 0 Å². The van der Waals surface area contributed by atoms with Gasteiger partial charge in [0, 0.05) is 12.3 Å². The van der Waals surface area contributed by atoms with Gasteiger partial charge in [-0.1, -0.05) is 12.1 Å². The number of hydrogen-bond acceptors (Lipinski definition) is 3. The third-order valence-electron chi connectivity index (χ3n) is 1.83. The van der Waals surface area contributed by atoms with Crippen molar-refractivity contribution in [1.29, 1.82) is 0 Å². The van der Waals surface area contributed by atoms with Crippen molar-refractivity contribution in [3.8, 4) is 17.1 Å². The molecule has 1 heterocycles. The monoisotopic (exact) mass is 188 g/mol. The Balaban J connectivity index is 2.61. The van der Waals surface area contributed by atoms with Crippen LogP contribution >= 0.6 is 0 Å². The average Bonchev–Trinajstić information content (AvgIpc) is 2.18. The van der Waals surface area contributed by atoms with Crippen LogP contribution in [-0.4, -0.2) is 15.1 Å². The standard InChI is InChI=1S/C10H8N2O2/c13-8-4-2-1-3-7(8)10-11-6-5-9(14)12-10/h1-6,13H,(H,11,12,14). The van der Waals surface area contributed by atoms with E-state index < -0.39 is 0 Å². The molecule has 0 saturated heterocycles. The number of phenols is 1. The predicted octanol–water partition coefficient (Wildman–Crippen LogP) is 1.14. The van der Waals surface area contributed by atoms with Crippen molar-refractivity contribution < 1.29 is 5.11 Å². The Morgan fingerprint density at radius 1 is 1.21 bits per heavy atom. The lowest BCUT2D eigenvalue weighted by atomic mass is 10.2. The quantitative estimate of drug-likeness (QED) is 0.705. The summed E-state index contributed by atoms with van der Waals surface area (Å²) in [7, 11) is 0. The van der Waals surface area contributed by atoms with Gasteiger partial charge in [0.25, 0.3) is 5.56 Å². The molecule has 1 aromatic heterocycles. The van der Waals surface area contributed by atoms with Gasteiger partial charge in [0.05, 0.1) is 5.56 Å². The number of para-hydroxylation sites is 1. The van der Waals surface area contributed by atoms with Crippen molar-refractivity contribution in [2.45, 2.75) is 0 Å². The van der Waals surface area contributed by atoms with E-state index in [9.17, 15) is 9.90 Å². The number of nitrogens with zero attached hydrogens (tertiary/aromatic N) is 1. The Hall–Kier alpha value is -2.10. The van der Waals surface area contributed by atoms with Crippen molar-refractivity contribution in [2.24, 2.45) is 0 Å². The molecule has 0 saturated carbocycles. The number of aromatic amines is 1. The van der Waals surface area contributed by atoms with Crippen molar-refractivity contribution in [3.63, 3.8) is 0 Å². The molecule has 4 heteroatoms. The molecule has 0 atom stereocenters. The molecule has 0 radical (unpaired) electrons. The third kappa shape index (κ3) is 1.50. The van der Waals surface area contributed by atoms with Gasteiger partial charge in [-0.25, -0.2) is 4.98 Å². The van der Waals surface area contributed by atoms with Crippen LogP contribution in [0.4, 0.5) is 0 Å². The highest BCUT2D eigenvalue weighted by Crippen LogP contribution is 2.23. The van der Waals surface area contributed by atoms with E-state index in [0.717, 1.165) is 0 Å². The molecule has 2 N–H and O–H groups in total. The zero-order valence-corrected chi connectivity index (χ0v) is 7.27. The highest BCUT2D eigenvalue weighted by atomic mass is 16.3. The number of benzene rings is 1. The second-order valence-corrected chi connectivity index (χ2v) is 2.80. The first-order valence-corrected chi connectivity index (χ1v) is 4.11. The molecule has 1 aromatic carbocycles. The maximum absolute atomic E-state index is 11.0. The summed E-state index contributed by atoms with van der Waals surface area (Å²) in [5.74, 6) is 0.470. The molecule has 0 spiro atoms. The lowest BCUT2D eigenvalue weighted by Gasteiger charge is -2.01. The van der Waals surface area contributed by atoms with Crippen LogP contribution in [0.25, 0.3) is 11.4 Å². The van der Waals surface area contributed by atoms with E-state index in [-0.39, 0.29) is 11.3 Å². The van der Waals surface area contributed by atoms with E-state index in [1.807, 2.05) is 0 Å². The third-order valence-corrected chi connectivity index (χ3v) is 1.83. The van der Waals surface area contributed by atoms with E-state index in [1.165, 1.54) is 12.3 Å². The van der Waals surface area contributed by atoms with Gasteiger partial charge >= 0.3 is 0 Å². The van der Waals surface area contributed by atoms with Crippen LogP contribution in [0.3, 0.4) is 0 Å². The summed E-state index contributed by atoms with van der Waals surface area (Å²) in [6.07, 6.45) is 1.40. The number of aromatic nitrogens is 2. The Labute approximate surface area is 79.9 Å². The van der Waals surface area contributed by atoms with Crippen molar-refractivity contribution >= 4 is 0 Å². The van der Waals surface area contributed by atoms with E-state index in [0.29, 0.717) is 11.4 Å². The first-order valence-electron chi connectivity index (χ1n) is 4.11. The van der Waals surface area contributed by atoms with E-state index >= 15 is 0 Å². The lowest BCUT2D eigenvalue weighted by molar-refractivity contribution is 0.477. The van der Waals surface area contributed by atoms with Gasteiger partial charge < -0.3 is 10.1 Å². The molecule has 0 aliphatic rings. The van der Waals surface area contributed by atoms with Crippen LogP contribution in [0, 0.1) is 0 Å². The van der Waals surface area contributed by atoms with E-state index in [2.05, 4.69) is 9.97 Å². The van der Waals surface area contributed by atoms with Gasteiger partial charge in [0.15, 0.2) is 0 Å². The number of phenolic OH excluding ortho intramolecular Hbond substituents is 1. The minimum atomic E-state index is -0.238. The van der Waals surface area contributed by atoms with Crippen LogP contribution < -0.4 is 5.56 Å². The van der Waals surface area contributed by atoms with Crippen LogP contribution in [0.1, 0.15) is 0 Å². The second kappa shape index (κ2) is 3.33. The second-order valence-electron chi connectivity index (χ2n) is 2.80. The SMILES string of the molecule is O=c1ccnc(-c2ccccc2O)[nH]1. The first-order chi connectivity index (χ1) is 6.77. The number of hydrogen-bond donors (Lipinski definition) is 2. The summed E-state index contributed by atoms with van der Waals surface area (Å²) in [4.78, 5) is 17.5. The summed E-state index contributed by atoms with van der Waals surface area (Å²) < 4.78 is 0. The number of nitrogens with one attached hydrogen (secondary N) is 1. The fourth-order valence-electron chi connectivity index (χ4n) is 1.18. The number of H-pyrrole nitrogens is 1. The van der Waals surface area contributed by atoms with Crippen molar-refractivity contribution in [3.05, 3.63) is 46.9 Å². The van der Waals surface area contributed by atoms with Gasteiger partial charge in [-0.05, 0) is 12.1 Å². The zero-order chi connectivity index (χ0) is 9.97. The van der Waals surface area contributed by atoms with E-state index in [1.54, 1.807) is 24.3 Å². The van der Waals surface area contributed by atoms with Gasteiger partial charge in [0.1, 0.15) is 11.6 Å². The molecule has 4 nitrogen and oxygen atoms in total. The Kier molecular flexibility index (Phi) is 2.02. The maximum atomic E-state index is 11.0. The highest BCUT2D eigenvalue weighted by molar-refractivity contribution is 5.62. The molecule has 70 valence electrons. The topological polar surface area (TPSA) is 66.0 Å². The smallest absolute Gasteiger partial charge is 0.251 e. The molecule has 2 rings (SSSR count). The Morgan fingerprint density at radius 2 is 2.00 bits per heavy atom. The van der Waals surface area contributed by atoms with Gasteiger partial charge in [0.2, 0.25) is 0 Å². The number of aromatic hydroxyl groups is 1. The molecule has 0 bridgehead atoms. The molecular formula is C10H8N2O2. The van der Waals surface area contributed by atoms with E-state index in [4.69, 9.17) is 0 Å². The molecule has 0 amide bonds. The minimum Gasteiger partial charge on any atom is -0.507 e. The predicted molar refractivity (Wildman–Crippen MR) is 52.0 cm³/mol. The average molecular weight is 188 g/mol. The van der Waals surface area contributed by atoms with Gasteiger partial charge in [-0.15, -0.1) is 0 Å². The molecule has 0 aliphatic heterocycles. The zero-order valence-electron chi connectivity index (χ0n) is 7.27. The molecule has 0 fully saturated rings. The molecule has 2 aromatic rings. The molecular weight excluding hydrogens is 180 g/mol. The van der Waals surface area contributed by atoms with Crippen LogP contribution in [-0.2, 0) is 0 Å². The van der Waals surface area contributed by atoms with Gasteiger partial charge in [-0.3, -0.25) is 4.79 Å². The van der Waals surface area contributed by atoms with Crippen molar-refractivity contribution in [1.82, 2.24) is 9.97 Å². The lowest BCUT2D eigenvalue weighted by Crippen LogP contribution is -2.05. The summed E-state index contributed by atoms with van der Waals surface area (Å²) >= 11 is 0. The minimum absolute atomic E-state index is 0.0989. The Bertz CT molecular complexity index is 505. The molecule has 0 unspecified atom stereocenters. The summed E-state index contributed by atoms with van der Waals surface area (Å²) in [6.45, 7) is 0. The summed E-state index contributed by atoms with van der Waals surface area (Å²) in [5, 5.41) is 9.49. The largest absolute Gasteiger partial charge is 0.507 e. The Morgan fingerprint density at radius 3 is 2.71 bits per heavy atom. The fraction of sp³-hybridized carbons (Fsp3) is 0. The fourth-order valence-corrected chi connectivity index (χ4v) is 1.18. The van der Waals surface area contributed by atoms with Crippen LogP contribution in [0.15, 0.2) is 41.3 Å². The maximum Gasteiger partial charge on any atom is 0.251 e. The molecule has 14 heavy (non-hydrogen) atoms. The van der Waals surface area contributed by atoms with Crippen LogP contribution in [0.2, 0.25) is 0 Å². The summed E-state index contributed by atoms with van der Waals surface area (Å²) in [5.41, 5.74) is 0.281. The van der Waals surface area contributed by atoms with Crippen LogP contribution in [0.5, 0.6) is 5.75 Å². The molecule has 0 aliphatic carbocycles.